The highest BCUT2D eigenvalue weighted by Crippen LogP contribution is 2.15. The molecule has 1 atom stereocenters. The molecule has 0 bridgehead atoms. The number of nitrogens with one attached hydrogen (secondary N) is 2. The van der Waals surface area contributed by atoms with Crippen LogP contribution in [0.15, 0.2) is 24.3 Å². The van der Waals surface area contributed by atoms with E-state index in [9.17, 15) is 4.79 Å². The topological polar surface area (TPSA) is 64.6 Å². The molecule has 0 aliphatic heterocycles. The molecule has 5 heteroatoms. The van der Waals surface area contributed by atoms with Gasteiger partial charge in [-0.05, 0) is 30.7 Å². The lowest BCUT2D eigenvalue weighted by atomic mass is 10.2. The van der Waals surface area contributed by atoms with Crippen LogP contribution in [-0.2, 0) is 0 Å². The predicted octanol–water partition coefficient (Wildman–Crippen LogP) is 1.65. The average molecular weight is 251 g/mol. The maximum Gasteiger partial charge on any atom is 0.319 e. The maximum atomic E-state index is 11.6. The molecule has 3 N–H and O–H groups in total. The van der Waals surface area contributed by atoms with Crippen LogP contribution in [0.25, 0.3) is 0 Å². The molecular weight excluding hydrogens is 230 g/mol. The molecule has 18 heavy (non-hydrogen) atoms. The number of aliphatic hydroxyl groups is 1. The summed E-state index contributed by atoms with van der Waals surface area (Å²) in [6.45, 7) is 1.86. The first-order valence-corrected chi connectivity index (χ1v) is 6.02. The zero-order chi connectivity index (χ0) is 13.5. The zero-order valence-corrected chi connectivity index (χ0v) is 11.1. The Morgan fingerprint density at radius 3 is 2.39 bits per heavy atom. The summed E-state index contributed by atoms with van der Waals surface area (Å²) >= 11 is 0. The van der Waals surface area contributed by atoms with Gasteiger partial charge in [-0.25, -0.2) is 4.79 Å². The Balaban J connectivity index is 2.54. The lowest BCUT2D eigenvalue weighted by Gasteiger charge is -2.16. The summed E-state index contributed by atoms with van der Waals surface area (Å²) < 4.78 is 0. The van der Waals surface area contributed by atoms with Crippen molar-refractivity contribution in [1.82, 2.24) is 5.32 Å². The molecule has 5 nitrogen and oxygen atoms in total. The van der Waals surface area contributed by atoms with Crippen LogP contribution < -0.4 is 15.5 Å². The number of hydrogen-bond acceptors (Lipinski definition) is 3. The fraction of sp³-hybridized carbons (Fsp3) is 0.462. The van der Waals surface area contributed by atoms with E-state index in [0.717, 1.165) is 11.4 Å². The number of carbonyl (C=O) groups excluding carboxylic acids is 1. The Kier molecular flexibility index (Phi) is 5.45. The minimum absolute atomic E-state index is 0.0521. The Hall–Kier alpha value is -1.75. The van der Waals surface area contributed by atoms with E-state index in [4.69, 9.17) is 5.11 Å². The van der Waals surface area contributed by atoms with Gasteiger partial charge in [0.25, 0.3) is 0 Å². The van der Waals surface area contributed by atoms with Crippen molar-refractivity contribution >= 4 is 17.4 Å². The Morgan fingerprint density at radius 2 is 1.94 bits per heavy atom. The van der Waals surface area contributed by atoms with Gasteiger partial charge in [0.2, 0.25) is 0 Å². The number of hydrogen-bond donors (Lipinski definition) is 3. The van der Waals surface area contributed by atoms with Gasteiger partial charge in [-0.2, -0.15) is 0 Å². The quantitative estimate of drug-likeness (QED) is 0.745. The number of aliphatic hydroxyl groups excluding tert-OH is 1. The Labute approximate surface area is 108 Å². The fourth-order valence-corrected chi connectivity index (χ4v) is 1.47. The minimum atomic E-state index is -0.298. The molecule has 100 valence electrons. The Bertz CT molecular complexity index is 372. The molecule has 1 aromatic rings. The van der Waals surface area contributed by atoms with E-state index in [-0.39, 0.29) is 18.7 Å². The molecule has 0 aliphatic rings. The summed E-state index contributed by atoms with van der Waals surface area (Å²) in [7, 11) is 3.92. The number of anilines is 2. The summed E-state index contributed by atoms with van der Waals surface area (Å²) in [6.07, 6.45) is 0.698. The monoisotopic (exact) mass is 251 g/mol. The largest absolute Gasteiger partial charge is 0.394 e. The fourth-order valence-electron chi connectivity index (χ4n) is 1.47. The highest BCUT2D eigenvalue weighted by Gasteiger charge is 2.08. The first-order valence-electron chi connectivity index (χ1n) is 6.02. The van der Waals surface area contributed by atoms with E-state index in [1.807, 2.05) is 50.2 Å². The van der Waals surface area contributed by atoms with Gasteiger partial charge in [0, 0.05) is 25.5 Å². The van der Waals surface area contributed by atoms with Crippen molar-refractivity contribution in [3.63, 3.8) is 0 Å². The normalized spacial score (nSPS) is 11.8. The average Bonchev–Trinajstić information content (AvgIpc) is 2.36. The molecule has 0 spiro atoms. The van der Waals surface area contributed by atoms with Gasteiger partial charge in [0.05, 0.1) is 12.6 Å². The molecule has 0 aromatic heterocycles. The third-order valence-electron chi connectivity index (χ3n) is 2.69. The van der Waals surface area contributed by atoms with Crippen molar-refractivity contribution in [2.75, 3.05) is 30.9 Å². The van der Waals surface area contributed by atoms with Crippen LogP contribution >= 0.6 is 0 Å². The highest BCUT2D eigenvalue weighted by molar-refractivity contribution is 5.89. The van der Waals surface area contributed by atoms with E-state index >= 15 is 0 Å². The second-order valence-corrected chi connectivity index (χ2v) is 4.33. The van der Waals surface area contributed by atoms with E-state index < -0.39 is 0 Å². The standard InChI is InChI=1S/C13H21N3O2/c1-4-10(9-17)14-13(18)15-11-5-7-12(8-6-11)16(2)3/h5-8,10,17H,4,9H2,1-3H3,(H2,14,15,18). The highest BCUT2D eigenvalue weighted by atomic mass is 16.3. The van der Waals surface area contributed by atoms with E-state index in [1.54, 1.807) is 0 Å². The summed E-state index contributed by atoms with van der Waals surface area (Å²) in [5, 5.41) is 14.4. The van der Waals surface area contributed by atoms with Crippen LogP contribution in [0.3, 0.4) is 0 Å². The van der Waals surface area contributed by atoms with Gasteiger partial charge in [0.1, 0.15) is 0 Å². The van der Waals surface area contributed by atoms with Crippen LogP contribution in [0, 0.1) is 0 Å². The second kappa shape index (κ2) is 6.86. The van der Waals surface area contributed by atoms with Crippen molar-refractivity contribution < 1.29 is 9.90 Å². The van der Waals surface area contributed by atoms with Gasteiger partial charge < -0.3 is 20.6 Å². The van der Waals surface area contributed by atoms with Crippen LogP contribution in [0.2, 0.25) is 0 Å². The molecule has 2 amide bonds. The lowest BCUT2D eigenvalue weighted by molar-refractivity contribution is 0.222. The summed E-state index contributed by atoms with van der Waals surface area (Å²) in [6, 6.07) is 7.04. The molecule has 1 aromatic carbocycles. The molecule has 0 radical (unpaired) electrons. The lowest BCUT2D eigenvalue weighted by Crippen LogP contribution is -2.39. The Morgan fingerprint density at radius 1 is 1.33 bits per heavy atom. The molecule has 1 unspecified atom stereocenters. The van der Waals surface area contributed by atoms with E-state index in [1.165, 1.54) is 0 Å². The molecule has 0 saturated carbocycles. The third-order valence-corrected chi connectivity index (χ3v) is 2.69. The van der Waals surface area contributed by atoms with Crippen molar-refractivity contribution in [3.8, 4) is 0 Å². The molecule has 0 heterocycles. The number of benzene rings is 1. The minimum Gasteiger partial charge on any atom is -0.394 e. The van der Waals surface area contributed by atoms with Crippen molar-refractivity contribution in [2.24, 2.45) is 0 Å². The van der Waals surface area contributed by atoms with Crippen LogP contribution in [-0.4, -0.2) is 37.9 Å². The smallest absolute Gasteiger partial charge is 0.319 e. The first kappa shape index (κ1) is 14.3. The molecule has 0 aliphatic carbocycles. The number of rotatable bonds is 5. The number of carbonyl (C=O) groups is 1. The van der Waals surface area contributed by atoms with Gasteiger partial charge in [-0.3, -0.25) is 0 Å². The summed E-state index contributed by atoms with van der Waals surface area (Å²) in [4.78, 5) is 13.6. The van der Waals surface area contributed by atoms with Gasteiger partial charge in [0.15, 0.2) is 0 Å². The summed E-state index contributed by atoms with van der Waals surface area (Å²) in [5.41, 5.74) is 1.80. The van der Waals surface area contributed by atoms with Gasteiger partial charge in [-0.15, -0.1) is 0 Å². The second-order valence-electron chi connectivity index (χ2n) is 4.33. The van der Waals surface area contributed by atoms with E-state index in [0.29, 0.717) is 6.42 Å². The van der Waals surface area contributed by atoms with Crippen molar-refractivity contribution in [3.05, 3.63) is 24.3 Å². The first-order chi connectivity index (χ1) is 8.56. The SMILES string of the molecule is CCC(CO)NC(=O)Nc1ccc(N(C)C)cc1. The number of nitrogens with zero attached hydrogens (tertiary/aromatic N) is 1. The molecule has 1 rings (SSSR count). The number of amides is 2. The van der Waals surface area contributed by atoms with Gasteiger partial charge in [-0.1, -0.05) is 6.92 Å². The van der Waals surface area contributed by atoms with Crippen LogP contribution in [0.5, 0.6) is 0 Å². The van der Waals surface area contributed by atoms with Crippen molar-refractivity contribution in [2.45, 2.75) is 19.4 Å². The molecule has 0 saturated heterocycles. The maximum absolute atomic E-state index is 11.6. The molecular formula is C13H21N3O2. The third kappa shape index (κ3) is 4.25. The zero-order valence-electron chi connectivity index (χ0n) is 11.1. The molecule has 0 fully saturated rings. The number of urea groups is 1. The summed E-state index contributed by atoms with van der Waals surface area (Å²) in [5.74, 6) is 0. The van der Waals surface area contributed by atoms with Crippen LogP contribution in [0.1, 0.15) is 13.3 Å². The van der Waals surface area contributed by atoms with Crippen molar-refractivity contribution in [1.29, 1.82) is 0 Å². The van der Waals surface area contributed by atoms with Crippen LogP contribution in [0.4, 0.5) is 16.2 Å². The predicted molar refractivity (Wildman–Crippen MR) is 74.1 cm³/mol. The van der Waals surface area contributed by atoms with Gasteiger partial charge >= 0.3 is 6.03 Å². The van der Waals surface area contributed by atoms with E-state index in [2.05, 4.69) is 10.6 Å².